The van der Waals surface area contributed by atoms with Crippen molar-refractivity contribution in [3.8, 4) is 0 Å². The summed E-state index contributed by atoms with van der Waals surface area (Å²) in [4.78, 5) is 0. The molecule has 0 amide bonds. The fourth-order valence-electron chi connectivity index (χ4n) is 3.34. The summed E-state index contributed by atoms with van der Waals surface area (Å²) in [5.74, 6) is 1.32. The van der Waals surface area contributed by atoms with Crippen molar-refractivity contribution in [2.45, 2.75) is 44.8 Å². The molecule has 112 valence electrons. The van der Waals surface area contributed by atoms with Crippen molar-refractivity contribution in [2.24, 2.45) is 5.92 Å². The van der Waals surface area contributed by atoms with Gasteiger partial charge in [-0.2, -0.15) is 5.10 Å². The van der Waals surface area contributed by atoms with E-state index in [1.54, 1.807) is 0 Å². The summed E-state index contributed by atoms with van der Waals surface area (Å²) in [5, 5.41) is 6.55. The Morgan fingerprint density at radius 2 is 2.24 bits per heavy atom. The van der Waals surface area contributed by atoms with Crippen LogP contribution in [0.5, 0.6) is 0 Å². The van der Waals surface area contributed by atoms with Gasteiger partial charge in [0.15, 0.2) is 6.23 Å². The maximum Gasteiger partial charge on any atom is 0.150 e. The van der Waals surface area contributed by atoms with Crippen LogP contribution in [0.25, 0.3) is 10.9 Å². The summed E-state index contributed by atoms with van der Waals surface area (Å²) in [6.45, 7) is 3.09. The van der Waals surface area contributed by atoms with Crippen molar-refractivity contribution in [3.05, 3.63) is 27.3 Å². The van der Waals surface area contributed by atoms with Gasteiger partial charge in [-0.1, -0.05) is 18.5 Å². The van der Waals surface area contributed by atoms with Crippen LogP contribution in [0.15, 0.2) is 16.7 Å². The van der Waals surface area contributed by atoms with Crippen LogP contribution in [0.2, 0.25) is 5.02 Å². The van der Waals surface area contributed by atoms with Crippen LogP contribution in [-0.4, -0.2) is 16.4 Å². The van der Waals surface area contributed by atoms with E-state index >= 15 is 0 Å². The number of fused-ring (bicyclic) bond motifs is 1. The fraction of sp³-hybridized carbons (Fsp3) is 0.562. The molecule has 1 saturated heterocycles. The minimum atomic E-state index is 0.0462. The van der Waals surface area contributed by atoms with Gasteiger partial charge in [-0.25, -0.2) is 4.68 Å². The Morgan fingerprint density at radius 1 is 1.43 bits per heavy atom. The second-order valence-electron chi connectivity index (χ2n) is 6.25. The first-order valence-corrected chi connectivity index (χ1v) is 8.80. The van der Waals surface area contributed by atoms with Crippen molar-refractivity contribution in [1.82, 2.24) is 9.78 Å². The zero-order chi connectivity index (χ0) is 14.6. The molecule has 5 heteroatoms. The Morgan fingerprint density at radius 3 is 2.90 bits per heavy atom. The minimum Gasteiger partial charge on any atom is -0.356 e. The molecule has 1 aliphatic carbocycles. The lowest BCUT2D eigenvalue weighted by Crippen LogP contribution is -2.18. The van der Waals surface area contributed by atoms with Crippen LogP contribution in [0.3, 0.4) is 0 Å². The minimum absolute atomic E-state index is 0.0462. The van der Waals surface area contributed by atoms with Gasteiger partial charge in [0.2, 0.25) is 0 Å². The van der Waals surface area contributed by atoms with Gasteiger partial charge >= 0.3 is 0 Å². The summed E-state index contributed by atoms with van der Waals surface area (Å²) in [5.41, 5.74) is 2.32. The molecule has 2 aromatic rings. The molecule has 1 saturated carbocycles. The van der Waals surface area contributed by atoms with Gasteiger partial charge in [0.1, 0.15) is 0 Å². The quantitative estimate of drug-likeness (QED) is 0.720. The number of aromatic nitrogens is 2. The first-order chi connectivity index (χ1) is 10.2. The van der Waals surface area contributed by atoms with Crippen LogP contribution in [0.4, 0.5) is 0 Å². The lowest BCUT2D eigenvalue weighted by molar-refractivity contribution is -0.0366. The van der Waals surface area contributed by atoms with Crippen molar-refractivity contribution < 1.29 is 4.74 Å². The summed E-state index contributed by atoms with van der Waals surface area (Å²) in [7, 11) is 0. The van der Waals surface area contributed by atoms with E-state index in [1.807, 2.05) is 10.9 Å². The second-order valence-corrected chi connectivity index (χ2v) is 7.45. The lowest BCUT2D eigenvalue weighted by Gasteiger charge is -2.23. The van der Waals surface area contributed by atoms with Gasteiger partial charge in [-0.3, -0.25) is 0 Å². The van der Waals surface area contributed by atoms with E-state index in [0.29, 0.717) is 5.92 Å². The molecular formula is C16H18BrClN2O. The molecule has 3 atom stereocenters. The number of hydrogen-bond donors (Lipinski definition) is 0. The Hall–Kier alpha value is -0.580. The molecule has 1 aromatic carbocycles. The monoisotopic (exact) mass is 368 g/mol. The van der Waals surface area contributed by atoms with Crippen molar-refractivity contribution in [1.29, 1.82) is 0 Å². The molecule has 1 aliphatic heterocycles. The van der Waals surface area contributed by atoms with Crippen LogP contribution in [0.1, 0.15) is 50.3 Å². The zero-order valence-electron chi connectivity index (χ0n) is 12.0. The van der Waals surface area contributed by atoms with Crippen LogP contribution >= 0.6 is 27.5 Å². The molecule has 1 unspecified atom stereocenters. The maximum absolute atomic E-state index is 6.56. The van der Waals surface area contributed by atoms with Crippen LogP contribution in [0, 0.1) is 5.92 Å². The van der Waals surface area contributed by atoms with Gasteiger partial charge in [-0.05, 0) is 65.1 Å². The van der Waals surface area contributed by atoms with E-state index in [0.717, 1.165) is 45.8 Å². The van der Waals surface area contributed by atoms with Gasteiger partial charge in [0.05, 0.1) is 11.7 Å². The number of benzene rings is 1. The van der Waals surface area contributed by atoms with E-state index in [-0.39, 0.29) is 6.23 Å². The van der Waals surface area contributed by atoms with Crippen molar-refractivity contribution in [3.63, 3.8) is 0 Å². The molecule has 21 heavy (non-hydrogen) atoms. The van der Waals surface area contributed by atoms with Crippen molar-refractivity contribution in [2.75, 3.05) is 6.61 Å². The molecule has 2 fully saturated rings. The van der Waals surface area contributed by atoms with E-state index in [9.17, 15) is 0 Å². The largest absolute Gasteiger partial charge is 0.356 e. The number of hydrogen-bond acceptors (Lipinski definition) is 2. The number of halogens is 2. The SMILES string of the molecule is C[C@H]1C[C@@H]1c1c(Cl)cc2c(cnn2C2CCCCO2)c1Br. The molecule has 0 radical (unpaired) electrons. The molecule has 0 bridgehead atoms. The summed E-state index contributed by atoms with van der Waals surface area (Å²) in [6, 6.07) is 2.06. The third-order valence-corrected chi connectivity index (χ3v) is 5.90. The molecule has 4 rings (SSSR count). The third-order valence-electron chi connectivity index (χ3n) is 4.74. The zero-order valence-corrected chi connectivity index (χ0v) is 14.3. The number of rotatable bonds is 2. The highest BCUT2D eigenvalue weighted by atomic mass is 79.9. The lowest BCUT2D eigenvalue weighted by atomic mass is 10.1. The average Bonchev–Trinajstić information content (AvgIpc) is 3.03. The van der Waals surface area contributed by atoms with E-state index in [2.05, 4.69) is 34.0 Å². The molecule has 2 aliphatic rings. The Kier molecular flexibility index (Phi) is 3.51. The highest BCUT2D eigenvalue weighted by molar-refractivity contribution is 9.10. The molecule has 1 aromatic heterocycles. The van der Waals surface area contributed by atoms with Gasteiger partial charge in [0.25, 0.3) is 0 Å². The molecular weight excluding hydrogens is 352 g/mol. The van der Waals surface area contributed by atoms with E-state index in [4.69, 9.17) is 16.3 Å². The normalized spacial score (nSPS) is 29.0. The standard InChI is InChI=1S/C16H18BrClN2O/c1-9-6-10(9)15-12(18)7-13-11(16(15)17)8-19-20(13)14-4-2-3-5-21-14/h7-10,14H,2-6H2,1H3/t9-,10-,14?/m0/s1. The maximum atomic E-state index is 6.56. The van der Waals surface area contributed by atoms with Gasteiger partial charge in [-0.15, -0.1) is 0 Å². The number of ether oxygens (including phenoxy) is 1. The Labute approximate surface area is 137 Å². The predicted octanol–water partition coefficient (Wildman–Crippen LogP) is 5.27. The summed E-state index contributed by atoms with van der Waals surface area (Å²) >= 11 is 10.3. The topological polar surface area (TPSA) is 27.1 Å². The third kappa shape index (κ3) is 2.32. The van der Waals surface area contributed by atoms with Crippen LogP contribution < -0.4 is 0 Å². The van der Waals surface area contributed by atoms with Crippen LogP contribution in [-0.2, 0) is 4.74 Å². The highest BCUT2D eigenvalue weighted by Crippen LogP contribution is 2.53. The Balaban J connectivity index is 1.81. The molecule has 0 N–H and O–H groups in total. The Bertz CT molecular complexity index is 693. The van der Waals surface area contributed by atoms with Gasteiger partial charge in [0, 0.05) is 21.5 Å². The molecule has 0 spiro atoms. The first kappa shape index (κ1) is 14.0. The number of nitrogens with zero attached hydrogens (tertiary/aromatic N) is 2. The predicted molar refractivity (Wildman–Crippen MR) is 87.8 cm³/mol. The molecule has 2 heterocycles. The van der Waals surface area contributed by atoms with E-state index < -0.39 is 0 Å². The highest BCUT2D eigenvalue weighted by Gasteiger charge is 2.37. The summed E-state index contributed by atoms with van der Waals surface area (Å²) < 4.78 is 8.96. The van der Waals surface area contributed by atoms with Crippen molar-refractivity contribution >= 4 is 38.4 Å². The molecule has 3 nitrogen and oxygen atoms in total. The second kappa shape index (κ2) is 5.25. The average molecular weight is 370 g/mol. The summed E-state index contributed by atoms with van der Waals surface area (Å²) in [6.07, 6.45) is 6.56. The van der Waals surface area contributed by atoms with Gasteiger partial charge < -0.3 is 4.74 Å². The van der Waals surface area contributed by atoms with E-state index in [1.165, 1.54) is 18.4 Å². The smallest absolute Gasteiger partial charge is 0.150 e. The fourth-order valence-corrected chi connectivity index (χ4v) is 4.61. The first-order valence-electron chi connectivity index (χ1n) is 7.63.